The summed E-state index contributed by atoms with van der Waals surface area (Å²) in [5.41, 5.74) is 2.38. The number of hydrogen-bond acceptors (Lipinski definition) is 6. The molecule has 2 aromatic rings. The van der Waals surface area contributed by atoms with E-state index in [9.17, 15) is 14.8 Å². The second kappa shape index (κ2) is 33.3. The van der Waals surface area contributed by atoms with Crippen molar-refractivity contribution in [1.29, 1.82) is 0 Å². The standard InChI is InChI=1S/C40H77O4P.C17H26O3/c1-6-7-8-9-10-11-12-13-14-15-16-17-18-19-20-30-37-45(41,44-40-33-26-21-27-34-40,42-35-28-22-24-31-38(2)3)43-36-29-23-25-32-39(4)5;1-16(2,3)12-9-11(7-8-14(18)19)10-13(15(12)20)17(4,5)6/h21,26-27,33-34,38-39,41H,6-20,22-25,28-32,35-37H2,1-5H3;9-10,20H,7-8H2,1-6H3,(H,18,19). The maximum absolute atomic E-state index is 12.4. The molecule has 0 aliphatic carbocycles. The molecular formula is C57H103O7P. The van der Waals surface area contributed by atoms with Crippen molar-refractivity contribution >= 4 is 13.5 Å². The Bertz CT molecular complexity index is 1440. The van der Waals surface area contributed by atoms with Gasteiger partial charge in [0.25, 0.3) is 0 Å². The molecule has 0 unspecified atom stereocenters. The molecule has 7 nitrogen and oxygen atoms in total. The number of unbranched alkanes of at least 4 members (excludes halogenated alkanes) is 19. The minimum absolute atomic E-state index is 0.109. The maximum atomic E-state index is 12.4. The summed E-state index contributed by atoms with van der Waals surface area (Å²) < 4.78 is 19.3. The fraction of sp³-hybridized carbons (Fsp3) is 0.772. The van der Waals surface area contributed by atoms with Crippen LogP contribution in [-0.4, -0.2) is 40.5 Å². The van der Waals surface area contributed by atoms with Crippen LogP contribution in [0.4, 0.5) is 0 Å². The Balaban J connectivity index is 0.000000876. The second-order valence-corrected chi connectivity index (χ2v) is 25.2. The van der Waals surface area contributed by atoms with Crippen molar-refractivity contribution in [2.24, 2.45) is 11.8 Å². The van der Waals surface area contributed by atoms with Crippen LogP contribution in [0.1, 0.15) is 253 Å². The van der Waals surface area contributed by atoms with Crippen molar-refractivity contribution < 1.29 is 33.5 Å². The number of rotatable bonds is 36. The predicted molar refractivity (Wildman–Crippen MR) is 281 cm³/mol. The number of aryl methyl sites for hydroxylation is 1. The third-order valence-corrected chi connectivity index (χ3v) is 15.4. The van der Waals surface area contributed by atoms with Gasteiger partial charge in [-0.3, -0.25) is 4.79 Å². The fourth-order valence-corrected chi connectivity index (χ4v) is 11.1. The van der Waals surface area contributed by atoms with E-state index in [2.05, 4.69) is 76.2 Å². The summed E-state index contributed by atoms with van der Waals surface area (Å²) in [6.45, 7) is 24.7. The summed E-state index contributed by atoms with van der Waals surface area (Å²) in [5.74, 6) is 1.61. The van der Waals surface area contributed by atoms with Gasteiger partial charge in [0.15, 0.2) is 0 Å². The van der Waals surface area contributed by atoms with E-state index in [1.165, 1.54) is 116 Å². The predicted octanol–water partition coefficient (Wildman–Crippen LogP) is 18.0. The monoisotopic (exact) mass is 931 g/mol. The molecule has 0 saturated carbocycles. The Morgan fingerprint density at radius 1 is 0.585 bits per heavy atom. The Labute approximate surface area is 401 Å². The molecule has 378 valence electrons. The van der Waals surface area contributed by atoms with Crippen LogP contribution in [0.2, 0.25) is 0 Å². The molecule has 0 radical (unpaired) electrons. The first-order valence-electron chi connectivity index (χ1n) is 26.6. The fourth-order valence-electron chi connectivity index (χ4n) is 8.26. The number of phenols is 1. The first-order valence-corrected chi connectivity index (χ1v) is 28.7. The van der Waals surface area contributed by atoms with Gasteiger partial charge < -0.3 is 10.2 Å². The Morgan fingerprint density at radius 3 is 1.34 bits per heavy atom. The summed E-state index contributed by atoms with van der Waals surface area (Å²) >= 11 is 0. The van der Waals surface area contributed by atoms with Gasteiger partial charge in [0.1, 0.15) is 5.75 Å². The minimum atomic E-state index is -4.31. The summed E-state index contributed by atoms with van der Waals surface area (Å²) in [4.78, 5) is 23.1. The first kappa shape index (κ1) is 60.8. The molecule has 2 rings (SSSR count). The molecule has 0 spiro atoms. The average Bonchev–Trinajstić information content (AvgIpc) is 3.22. The number of phenolic OH excluding ortho intramolecular Hbond substituents is 1. The average molecular weight is 931 g/mol. The number of carboxylic acid groups (broad SMARTS) is 1. The number of aliphatic carboxylic acids is 1. The van der Waals surface area contributed by atoms with Crippen molar-refractivity contribution in [3.63, 3.8) is 0 Å². The molecular weight excluding hydrogens is 828 g/mol. The molecule has 0 fully saturated rings. The van der Waals surface area contributed by atoms with E-state index in [0.717, 1.165) is 67.1 Å². The zero-order chi connectivity index (χ0) is 48.6. The van der Waals surface area contributed by atoms with Gasteiger partial charge in [-0.1, -0.05) is 92.7 Å². The van der Waals surface area contributed by atoms with E-state index in [0.29, 0.717) is 37.3 Å². The van der Waals surface area contributed by atoms with E-state index >= 15 is 0 Å². The number of carboxylic acids is 1. The summed E-state index contributed by atoms with van der Waals surface area (Å²) in [6.07, 6.45) is 31.1. The van der Waals surface area contributed by atoms with Gasteiger partial charge in [-0.25, -0.2) is 0 Å². The van der Waals surface area contributed by atoms with Crippen molar-refractivity contribution in [2.45, 2.75) is 254 Å². The number of para-hydroxylation sites is 1. The van der Waals surface area contributed by atoms with Crippen LogP contribution < -0.4 is 4.52 Å². The van der Waals surface area contributed by atoms with Crippen molar-refractivity contribution in [2.75, 3.05) is 19.4 Å². The third-order valence-electron chi connectivity index (χ3n) is 12.4. The molecule has 0 heterocycles. The first-order chi connectivity index (χ1) is 30.7. The van der Waals surface area contributed by atoms with Crippen molar-refractivity contribution in [3.05, 3.63) is 59.2 Å². The van der Waals surface area contributed by atoms with Crippen LogP contribution in [-0.2, 0) is 31.1 Å². The van der Waals surface area contributed by atoms with Gasteiger partial charge in [-0.2, -0.15) is 0 Å². The molecule has 65 heavy (non-hydrogen) atoms. The molecule has 8 heteroatoms. The molecule has 2 aromatic carbocycles. The van der Waals surface area contributed by atoms with Crippen LogP contribution in [0.25, 0.3) is 0 Å². The number of aromatic hydroxyl groups is 1. The van der Waals surface area contributed by atoms with Gasteiger partial charge in [0.2, 0.25) is 0 Å². The molecule has 3 N–H and O–H groups in total. The van der Waals surface area contributed by atoms with Gasteiger partial charge in [0.05, 0.1) is 0 Å². The van der Waals surface area contributed by atoms with E-state index in [1.54, 1.807) is 0 Å². The van der Waals surface area contributed by atoms with Crippen LogP contribution in [0.3, 0.4) is 0 Å². The van der Waals surface area contributed by atoms with Crippen LogP contribution in [0.5, 0.6) is 11.5 Å². The van der Waals surface area contributed by atoms with Gasteiger partial charge >= 0.3 is 249 Å². The molecule has 0 aliphatic heterocycles. The molecule has 0 aliphatic rings. The van der Waals surface area contributed by atoms with Crippen LogP contribution in [0.15, 0.2) is 42.5 Å². The summed E-state index contributed by atoms with van der Waals surface area (Å²) in [7, 11) is -4.31. The quantitative estimate of drug-likeness (QED) is 0.0462. The van der Waals surface area contributed by atoms with E-state index in [4.69, 9.17) is 18.7 Å². The topological polar surface area (TPSA) is 105 Å². The Morgan fingerprint density at radius 2 is 0.969 bits per heavy atom. The molecule has 0 saturated heterocycles. The zero-order valence-corrected chi connectivity index (χ0v) is 45.0. The number of carbonyl (C=O) groups is 1. The third kappa shape index (κ3) is 29.3. The van der Waals surface area contributed by atoms with E-state index < -0.39 is 13.5 Å². The van der Waals surface area contributed by atoms with Gasteiger partial charge in [-0.15, -0.1) is 0 Å². The number of hydrogen-bond donors (Lipinski definition) is 3. The molecule has 0 bridgehead atoms. The van der Waals surface area contributed by atoms with Crippen LogP contribution in [0, 0.1) is 11.8 Å². The normalized spacial score (nSPS) is 12.9. The van der Waals surface area contributed by atoms with E-state index in [1.807, 2.05) is 42.5 Å². The van der Waals surface area contributed by atoms with Crippen molar-refractivity contribution in [3.8, 4) is 11.5 Å². The number of benzene rings is 2. The summed E-state index contributed by atoms with van der Waals surface area (Å²) in [5, 5.41) is 19.4. The van der Waals surface area contributed by atoms with Gasteiger partial charge in [-0.05, 0) is 33.9 Å². The second-order valence-electron chi connectivity index (χ2n) is 22.0. The summed E-state index contributed by atoms with van der Waals surface area (Å²) in [6, 6.07) is 13.6. The van der Waals surface area contributed by atoms with Crippen LogP contribution >= 0.6 is 7.51 Å². The zero-order valence-electron chi connectivity index (χ0n) is 44.1. The Hall–Kier alpha value is -2.18. The SMILES string of the molecule is CC(C)(C)c1cc(CCC(=O)O)cc(C(C)(C)C)c1O.CCCCCCCCCCCCCCCCCCP(O)(OCCCCCC(C)C)(OCCCCCC(C)C)Oc1ccccc1. The molecule has 0 amide bonds. The van der Waals surface area contributed by atoms with E-state index in [-0.39, 0.29) is 17.3 Å². The Kier molecular flexibility index (Phi) is 31.2. The van der Waals surface area contributed by atoms with Gasteiger partial charge in [0, 0.05) is 6.42 Å². The van der Waals surface area contributed by atoms with Crippen molar-refractivity contribution in [1.82, 2.24) is 0 Å². The molecule has 0 atom stereocenters. The molecule has 0 aromatic heterocycles.